The minimum atomic E-state index is -0.240. The van der Waals surface area contributed by atoms with Gasteiger partial charge in [-0.05, 0) is 43.5 Å². The molecule has 1 aromatic carbocycles. The molecule has 1 N–H and O–H groups in total. The summed E-state index contributed by atoms with van der Waals surface area (Å²) in [6.07, 6.45) is 6.36. The Labute approximate surface area is 170 Å². The molecule has 1 saturated heterocycles. The number of carbonyl (C=O) groups excluding carboxylic acids is 2. The Balaban J connectivity index is 1.62. The number of hydrogen-bond donors (Lipinski definition) is 1. The van der Waals surface area contributed by atoms with Crippen LogP contribution in [0.5, 0.6) is 0 Å². The van der Waals surface area contributed by atoms with E-state index in [1.54, 1.807) is 29.2 Å². The molecular weight excluding hydrogens is 372 g/mol. The molecule has 1 aliphatic rings. The summed E-state index contributed by atoms with van der Waals surface area (Å²) in [7, 11) is 1.47. The highest BCUT2D eigenvalue weighted by molar-refractivity contribution is 5.94. The molecule has 0 aliphatic carbocycles. The molecule has 0 unspecified atom stereocenters. The summed E-state index contributed by atoms with van der Waals surface area (Å²) in [6, 6.07) is 7.30. The van der Waals surface area contributed by atoms with Crippen molar-refractivity contribution in [2.45, 2.75) is 32.3 Å². The average molecular weight is 400 g/mol. The zero-order chi connectivity index (χ0) is 20.6. The molecule has 1 atom stereocenters. The van der Waals surface area contributed by atoms with Gasteiger partial charge in [0.15, 0.2) is 0 Å². The molecule has 0 spiro atoms. The van der Waals surface area contributed by atoms with Crippen molar-refractivity contribution in [1.82, 2.24) is 14.7 Å². The Morgan fingerprint density at radius 3 is 2.79 bits per heavy atom. The highest BCUT2D eigenvalue weighted by Crippen LogP contribution is 2.18. The Morgan fingerprint density at radius 1 is 1.28 bits per heavy atom. The van der Waals surface area contributed by atoms with Gasteiger partial charge in [-0.1, -0.05) is 6.92 Å². The molecule has 2 amide bonds. The second-order valence-corrected chi connectivity index (χ2v) is 7.09. The molecule has 0 saturated carbocycles. The van der Waals surface area contributed by atoms with E-state index >= 15 is 0 Å². The van der Waals surface area contributed by atoms with Crippen molar-refractivity contribution in [3.63, 3.8) is 0 Å². The van der Waals surface area contributed by atoms with Crippen molar-refractivity contribution in [2.24, 2.45) is 0 Å². The van der Waals surface area contributed by atoms with Crippen molar-refractivity contribution in [3.8, 4) is 5.69 Å². The van der Waals surface area contributed by atoms with E-state index in [1.165, 1.54) is 7.11 Å². The Kier molecular flexibility index (Phi) is 7.37. The molecule has 1 fully saturated rings. The van der Waals surface area contributed by atoms with E-state index in [9.17, 15) is 9.59 Å². The van der Waals surface area contributed by atoms with Gasteiger partial charge in [0.1, 0.15) is 6.61 Å². The molecule has 2 heterocycles. The first-order valence-corrected chi connectivity index (χ1v) is 9.95. The van der Waals surface area contributed by atoms with E-state index < -0.39 is 0 Å². The maximum Gasteiger partial charge on any atom is 0.253 e. The first-order valence-electron chi connectivity index (χ1n) is 9.95. The van der Waals surface area contributed by atoms with Crippen molar-refractivity contribution >= 4 is 17.5 Å². The molecule has 2 aromatic rings. The van der Waals surface area contributed by atoms with Crippen LogP contribution in [-0.4, -0.2) is 66.0 Å². The van der Waals surface area contributed by atoms with Crippen LogP contribution in [0.15, 0.2) is 36.7 Å². The number of anilines is 1. The second kappa shape index (κ2) is 10.2. The Morgan fingerprint density at radius 2 is 2.07 bits per heavy atom. The number of benzene rings is 1. The smallest absolute Gasteiger partial charge is 0.253 e. The van der Waals surface area contributed by atoms with Crippen molar-refractivity contribution in [2.75, 3.05) is 38.7 Å². The largest absolute Gasteiger partial charge is 0.376 e. The van der Waals surface area contributed by atoms with Crippen molar-refractivity contribution in [3.05, 3.63) is 42.2 Å². The maximum absolute atomic E-state index is 12.8. The van der Waals surface area contributed by atoms with Crippen LogP contribution in [-0.2, 0) is 14.3 Å². The first-order chi connectivity index (χ1) is 14.1. The number of nitrogens with zero attached hydrogens (tertiary/aromatic N) is 3. The molecule has 0 bridgehead atoms. The summed E-state index contributed by atoms with van der Waals surface area (Å²) < 4.78 is 12.3. The van der Waals surface area contributed by atoms with Gasteiger partial charge in [-0.2, -0.15) is 5.10 Å². The molecule has 156 valence electrons. The fourth-order valence-corrected chi connectivity index (χ4v) is 3.34. The number of piperidine rings is 1. The van der Waals surface area contributed by atoms with Crippen LogP contribution in [0.3, 0.4) is 0 Å². The van der Waals surface area contributed by atoms with Gasteiger partial charge in [0.25, 0.3) is 5.91 Å². The van der Waals surface area contributed by atoms with E-state index in [1.807, 2.05) is 17.0 Å². The lowest BCUT2D eigenvalue weighted by Crippen LogP contribution is -2.43. The van der Waals surface area contributed by atoms with Crippen LogP contribution >= 0.6 is 0 Å². The van der Waals surface area contributed by atoms with E-state index in [4.69, 9.17) is 9.47 Å². The summed E-state index contributed by atoms with van der Waals surface area (Å²) in [5.41, 5.74) is 2.03. The van der Waals surface area contributed by atoms with E-state index in [2.05, 4.69) is 17.3 Å². The van der Waals surface area contributed by atoms with Crippen LogP contribution < -0.4 is 5.32 Å². The number of hydrogen-bond acceptors (Lipinski definition) is 5. The van der Waals surface area contributed by atoms with E-state index in [0.29, 0.717) is 17.8 Å². The molecule has 8 heteroatoms. The number of likely N-dealkylation sites (tertiary alicyclic amines) is 1. The molecular formula is C21H28N4O4. The Bertz CT molecular complexity index is 818. The number of nitrogens with one attached hydrogen (secondary N) is 1. The lowest BCUT2D eigenvalue weighted by atomic mass is 10.1. The lowest BCUT2D eigenvalue weighted by molar-refractivity contribution is -0.119. The fraction of sp³-hybridized carbons (Fsp3) is 0.476. The van der Waals surface area contributed by atoms with Crippen molar-refractivity contribution < 1.29 is 19.1 Å². The summed E-state index contributed by atoms with van der Waals surface area (Å²) >= 11 is 0. The minimum Gasteiger partial charge on any atom is -0.376 e. The zero-order valence-corrected chi connectivity index (χ0v) is 17.0. The van der Waals surface area contributed by atoms with Crippen LogP contribution in [0.25, 0.3) is 5.69 Å². The maximum atomic E-state index is 12.8. The van der Waals surface area contributed by atoms with Gasteiger partial charge in [0, 0.05) is 32.4 Å². The van der Waals surface area contributed by atoms with E-state index in [-0.39, 0.29) is 24.5 Å². The van der Waals surface area contributed by atoms with Gasteiger partial charge >= 0.3 is 0 Å². The van der Waals surface area contributed by atoms with Crippen LogP contribution in [0.1, 0.15) is 36.5 Å². The topological polar surface area (TPSA) is 85.7 Å². The van der Waals surface area contributed by atoms with Gasteiger partial charge in [-0.25, -0.2) is 4.68 Å². The van der Waals surface area contributed by atoms with Gasteiger partial charge in [-0.3, -0.25) is 9.59 Å². The van der Waals surface area contributed by atoms with Gasteiger partial charge in [-0.15, -0.1) is 0 Å². The molecule has 1 aromatic heterocycles. The van der Waals surface area contributed by atoms with Crippen LogP contribution in [0.2, 0.25) is 0 Å². The number of amides is 2. The average Bonchev–Trinajstić information content (AvgIpc) is 3.20. The number of aromatic nitrogens is 2. The standard InChI is InChI=1S/C21H28N4O4/c1-3-11-29-19-5-4-10-24(14-19)21(27)16-6-8-18(9-7-16)25-13-17(12-22-25)23-20(26)15-28-2/h6-9,12-13,19H,3-5,10-11,14-15H2,1-2H3,(H,23,26)/t19-/m0/s1. The zero-order valence-electron chi connectivity index (χ0n) is 17.0. The van der Waals surface area contributed by atoms with Gasteiger partial charge in [0.05, 0.1) is 29.9 Å². The second-order valence-electron chi connectivity index (χ2n) is 7.09. The molecule has 29 heavy (non-hydrogen) atoms. The van der Waals surface area contributed by atoms with Gasteiger partial charge < -0.3 is 19.7 Å². The number of ether oxygens (including phenoxy) is 2. The van der Waals surface area contributed by atoms with Crippen LogP contribution in [0, 0.1) is 0 Å². The third kappa shape index (κ3) is 5.65. The SMILES string of the molecule is CCCO[C@H]1CCCN(C(=O)c2ccc(-n3cc(NC(=O)COC)cn3)cc2)C1. The molecule has 0 radical (unpaired) electrons. The molecule has 8 nitrogen and oxygen atoms in total. The number of methoxy groups -OCH3 is 1. The summed E-state index contributed by atoms with van der Waals surface area (Å²) in [6.45, 7) is 4.21. The highest BCUT2D eigenvalue weighted by atomic mass is 16.5. The highest BCUT2D eigenvalue weighted by Gasteiger charge is 2.24. The number of carbonyl (C=O) groups is 2. The van der Waals surface area contributed by atoms with E-state index in [0.717, 1.165) is 38.1 Å². The Hall–Kier alpha value is -2.71. The van der Waals surface area contributed by atoms with Crippen molar-refractivity contribution in [1.29, 1.82) is 0 Å². The van der Waals surface area contributed by atoms with Gasteiger partial charge in [0.2, 0.25) is 5.91 Å². The summed E-state index contributed by atoms with van der Waals surface area (Å²) in [5.74, 6) is -0.218. The summed E-state index contributed by atoms with van der Waals surface area (Å²) in [5, 5.41) is 6.96. The normalized spacial score (nSPS) is 16.6. The molecule has 1 aliphatic heterocycles. The third-order valence-electron chi connectivity index (χ3n) is 4.74. The monoisotopic (exact) mass is 400 g/mol. The fourth-order valence-electron chi connectivity index (χ4n) is 3.34. The summed E-state index contributed by atoms with van der Waals surface area (Å²) in [4.78, 5) is 26.3. The lowest BCUT2D eigenvalue weighted by Gasteiger charge is -2.32. The predicted molar refractivity (Wildman–Crippen MR) is 109 cm³/mol. The third-order valence-corrected chi connectivity index (χ3v) is 4.74. The predicted octanol–water partition coefficient (Wildman–Crippen LogP) is 2.49. The molecule has 3 rings (SSSR count). The first kappa shape index (κ1) is 21.0. The number of rotatable bonds is 8. The van der Waals surface area contributed by atoms with Crippen LogP contribution in [0.4, 0.5) is 5.69 Å². The quantitative estimate of drug-likeness (QED) is 0.736. The minimum absolute atomic E-state index is 0.0111.